The molecule has 0 aromatic heterocycles. The maximum Gasteiger partial charge on any atom is 0.0590 e. The number of nitrogens with one attached hydrogen (secondary N) is 1. The van der Waals surface area contributed by atoms with Crippen LogP contribution in [0.1, 0.15) is 0 Å². The summed E-state index contributed by atoms with van der Waals surface area (Å²) in [5, 5.41) is 2.98. The number of rotatable bonds is 2. The molecule has 0 fully saturated rings. The van der Waals surface area contributed by atoms with Crippen molar-refractivity contribution in [3.8, 4) is 0 Å². The zero-order valence-electron chi connectivity index (χ0n) is 5.23. The third-order valence-corrected chi connectivity index (χ3v) is 0.957. The van der Waals surface area contributed by atoms with Gasteiger partial charge in [0.25, 0.3) is 0 Å². The normalized spacial score (nSPS) is 15.0. The molecule has 0 aliphatic rings. The Balaban J connectivity index is 3.14. The van der Waals surface area contributed by atoms with E-state index >= 15 is 0 Å². The molecule has 1 unspecified atom stereocenters. The fourth-order valence-corrected chi connectivity index (χ4v) is 0.258. The smallest absolute Gasteiger partial charge is 0.0590 e. The molecule has 2 nitrogen and oxygen atoms in total. The van der Waals surface area contributed by atoms with E-state index in [0.717, 1.165) is 0 Å². The maximum absolute atomic E-state index is 3.77. The van der Waals surface area contributed by atoms with Crippen molar-refractivity contribution in [1.82, 2.24) is 10.2 Å². The van der Waals surface area contributed by atoms with Crippen LogP contribution in [0.4, 0.5) is 0 Å². The van der Waals surface area contributed by atoms with Crippen LogP contribution in [-0.4, -0.2) is 32.2 Å². The van der Waals surface area contributed by atoms with Crippen LogP contribution in [0.2, 0.25) is 0 Å². The van der Waals surface area contributed by atoms with Crippen LogP contribution in [0.3, 0.4) is 0 Å². The van der Waals surface area contributed by atoms with Gasteiger partial charge >= 0.3 is 0 Å². The summed E-state index contributed by atoms with van der Waals surface area (Å²) in [4.78, 5) is 2.00. The molecule has 1 radical (unpaired) electrons. The van der Waals surface area contributed by atoms with Gasteiger partial charge in [0.05, 0.1) is 6.17 Å². The van der Waals surface area contributed by atoms with Crippen LogP contribution >= 0.6 is 0 Å². The second-order valence-corrected chi connectivity index (χ2v) is 1.77. The van der Waals surface area contributed by atoms with Crippen LogP contribution in [0, 0.1) is 6.92 Å². The zero-order chi connectivity index (χ0) is 5.86. The van der Waals surface area contributed by atoms with Crippen molar-refractivity contribution in [3.05, 3.63) is 6.92 Å². The predicted molar refractivity (Wildman–Crippen MR) is 31.9 cm³/mol. The highest BCUT2D eigenvalue weighted by Crippen LogP contribution is 1.79. The molecule has 43 valence electrons. The summed E-state index contributed by atoms with van der Waals surface area (Å²) in [7, 11) is 5.85. The van der Waals surface area contributed by atoms with E-state index in [1.54, 1.807) is 0 Å². The molecule has 0 aromatic rings. The van der Waals surface area contributed by atoms with Crippen molar-refractivity contribution in [1.29, 1.82) is 0 Å². The number of hydrogen-bond donors (Lipinski definition) is 1. The van der Waals surface area contributed by atoms with Crippen molar-refractivity contribution < 1.29 is 0 Å². The Labute approximate surface area is 45.5 Å². The standard InChI is InChI=1S/C5H13N2/c1-5(6-2)7(3)4/h5-6H,1H2,2-4H3. The lowest BCUT2D eigenvalue weighted by Gasteiger charge is -2.17. The van der Waals surface area contributed by atoms with Crippen molar-refractivity contribution >= 4 is 0 Å². The van der Waals surface area contributed by atoms with Gasteiger partial charge in [0.15, 0.2) is 0 Å². The predicted octanol–water partition coefficient (Wildman–Crippen LogP) is -0.0724. The highest BCUT2D eigenvalue weighted by Gasteiger charge is 1.95. The van der Waals surface area contributed by atoms with Crippen molar-refractivity contribution in [2.75, 3.05) is 21.1 Å². The average Bonchev–Trinajstić information content (AvgIpc) is 1.65. The SMILES string of the molecule is [CH2]C(NC)N(C)C. The van der Waals surface area contributed by atoms with Gasteiger partial charge in [0.1, 0.15) is 0 Å². The van der Waals surface area contributed by atoms with Crippen LogP contribution in [0.5, 0.6) is 0 Å². The monoisotopic (exact) mass is 101 g/mol. The Bertz CT molecular complexity index is 43.3. The summed E-state index contributed by atoms with van der Waals surface area (Å²) < 4.78 is 0. The van der Waals surface area contributed by atoms with Gasteiger partial charge in [-0.2, -0.15) is 0 Å². The fraction of sp³-hybridized carbons (Fsp3) is 0.800. The van der Waals surface area contributed by atoms with E-state index in [2.05, 4.69) is 12.2 Å². The van der Waals surface area contributed by atoms with Crippen LogP contribution in [0.25, 0.3) is 0 Å². The molecule has 2 heteroatoms. The fourth-order valence-electron chi connectivity index (χ4n) is 0.258. The Hall–Kier alpha value is -0.0800. The molecule has 0 bridgehead atoms. The molecule has 0 amide bonds. The molecule has 0 aliphatic carbocycles. The highest BCUT2D eigenvalue weighted by atomic mass is 15.2. The Morgan fingerprint density at radius 3 is 2.00 bits per heavy atom. The van der Waals surface area contributed by atoms with E-state index < -0.39 is 0 Å². The van der Waals surface area contributed by atoms with Crippen molar-refractivity contribution in [2.24, 2.45) is 0 Å². The minimum atomic E-state index is 0.236. The first kappa shape index (κ1) is 6.92. The van der Waals surface area contributed by atoms with Gasteiger partial charge in [-0.3, -0.25) is 4.90 Å². The van der Waals surface area contributed by atoms with Crippen molar-refractivity contribution in [3.63, 3.8) is 0 Å². The molecular formula is C5H13N2. The minimum Gasteiger partial charge on any atom is -0.305 e. The van der Waals surface area contributed by atoms with E-state index in [4.69, 9.17) is 0 Å². The van der Waals surface area contributed by atoms with E-state index in [0.29, 0.717) is 0 Å². The zero-order valence-corrected chi connectivity index (χ0v) is 5.23. The lowest BCUT2D eigenvalue weighted by atomic mass is 10.5. The van der Waals surface area contributed by atoms with Gasteiger partial charge in [0, 0.05) is 0 Å². The molecule has 0 aliphatic heterocycles. The molecule has 1 atom stereocenters. The largest absolute Gasteiger partial charge is 0.305 e. The van der Waals surface area contributed by atoms with E-state index in [-0.39, 0.29) is 6.17 Å². The first-order valence-electron chi connectivity index (χ1n) is 2.35. The Morgan fingerprint density at radius 1 is 1.57 bits per heavy atom. The second-order valence-electron chi connectivity index (χ2n) is 1.77. The third kappa shape index (κ3) is 2.60. The summed E-state index contributed by atoms with van der Waals surface area (Å²) in [5.41, 5.74) is 0. The summed E-state index contributed by atoms with van der Waals surface area (Å²) in [6, 6.07) is 0. The van der Waals surface area contributed by atoms with Gasteiger partial charge in [0.2, 0.25) is 0 Å². The maximum atomic E-state index is 3.77. The molecule has 0 spiro atoms. The summed E-state index contributed by atoms with van der Waals surface area (Å²) in [6.07, 6.45) is 0.236. The topological polar surface area (TPSA) is 15.3 Å². The van der Waals surface area contributed by atoms with Crippen LogP contribution in [-0.2, 0) is 0 Å². The molecular weight excluding hydrogens is 88.1 g/mol. The van der Waals surface area contributed by atoms with Crippen LogP contribution < -0.4 is 5.32 Å². The van der Waals surface area contributed by atoms with E-state index in [1.165, 1.54) is 0 Å². The summed E-state index contributed by atoms with van der Waals surface area (Å²) >= 11 is 0. The minimum absolute atomic E-state index is 0.236. The van der Waals surface area contributed by atoms with Gasteiger partial charge in [-0.25, -0.2) is 0 Å². The first-order chi connectivity index (χ1) is 3.18. The summed E-state index contributed by atoms with van der Waals surface area (Å²) in [6.45, 7) is 3.77. The quantitative estimate of drug-likeness (QED) is 0.490. The molecule has 0 saturated carbocycles. The third-order valence-electron chi connectivity index (χ3n) is 0.957. The molecule has 1 N–H and O–H groups in total. The highest BCUT2D eigenvalue weighted by molar-refractivity contribution is 4.60. The lowest BCUT2D eigenvalue weighted by Crippen LogP contribution is -2.36. The van der Waals surface area contributed by atoms with Gasteiger partial charge in [-0.1, -0.05) is 0 Å². The Kier molecular flexibility index (Phi) is 2.96. The Morgan fingerprint density at radius 2 is 2.00 bits per heavy atom. The number of hydrogen-bond acceptors (Lipinski definition) is 2. The van der Waals surface area contributed by atoms with E-state index in [9.17, 15) is 0 Å². The molecule has 0 saturated heterocycles. The average molecular weight is 101 g/mol. The molecule has 0 rings (SSSR count). The second kappa shape index (κ2) is 2.99. The molecule has 0 heterocycles. The van der Waals surface area contributed by atoms with Crippen molar-refractivity contribution in [2.45, 2.75) is 6.17 Å². The van der Waals surface area contributed by atoms with Gasteiger partial charge in [-0.15, -0.1) is 0 Å². The molecule has 0 aromatic carbocycles. The lowest BCUT2D eigenvalue weighted by molar-refractivity contribution is 0.307. The first-order valence-corrected chi connectivity index (χ1v) is 2.35. The number of nitrogens with zero attached hydrogens (tertiary/aromatic N) is 1. The van der Waals surface area contributed by atoms with E-state index in [1.807, 2.05) is 26.0 Å². The van der Waals surface area contributed by atoms with Gasteiger partial charge < -0.3 is 5.32 Å². The van der Waals surface area contributed by atoms with Gasteiger partial charge in [-0.05, 0) is 28.1 Å². The molecule has 7 heavy (non-hydrogen) atoms. The summed E-state index contributed by atoms with van der Waals surface area (Å²) in [5.74, 6) is 0. The van der Waals surface area contributed by atoms with Crippen LogP contribution in [0.15, 0.2) is 0 Å².